The standard InChI is InChI=1S/C14H18F3NO2/c1-2-18-13(10-7-8-19-9-10)11-5-3-4-6-12(11)20-14(15,16)17/h3-6,10,13,18H,2,7-9H2,1H3. The van der Waals surface area contributed by atoms with Crippen molar-refractivity contribution in [2.45, 2.75) is 25.7 Å². The molecule has 112 valence electrons. The van der Waals surface area contributed by atoms with E-state index in [1.807, 2.05) is 6.92 Å². The number of halogens is 3. The lowest BCUT2D eigenvalue weighted by atomic mass is 9.91. The second kappa shape index (κ2) is 6.45. The molecule has 3 nitrogen and oxygen atoms in total. The van der Waals surface area contributed by atoms with Gasteiger partial charge in [-0.05, 0) is 19.0 Å². The molecule has 0 aromatic heterocycles. The quantitative estimate of drug-likeness (QED) is 0.902. The van der Waals surface area contributed by atoms with Gasteiger partial charge in [0.25, 0.3) is 0 Å². The molecule has 0 amide bonds. The van der Waals surface area contributed by atoms with Crippen molar-refractivity contribution >= 4 is 0 Å². The van der Waals surface area contributed by atoms with E-state index in [-0.39, 0.29) is 17.7 Å². The summed E-state index contributed by atoms with van der Waals surface area (Å²) in [6.45, 7) is 3.80. The summed E-state index contributed by atoms with van der Waals surface area (Å²) < 4.78 is 46.9. The highest BCUT2D eigenvalue weighted by Gasteiger charge is 2.34. The minimum Gasteiger partial charge on any atom is -0.405 e. The molecule has 1 fully saturated rings. The summed E-state index contributed by atoms with van der Waals surface area (Å²) in [5.74, 6) is 0.0192. The average Bonchev–Trinajstić information content (AvgIpc) is 2.89. The molecule has 6 heteroatoms. The number of para-hydroxylation sites is 1. The highest BCUT2D eigenvalue weighted by molar-refractivity contribution is 5.36. The molecule has 2 rings (SSSR count). The zero-order valence-corrected chi connectivity index (χ0v) is 11.2. The summed E-state index contributed by atoms with van der Waals surface area (Å²) in [7, 11) is 0. The van der Waals surface area contributed by atoms with E-state index in [0.717, 1.165) is 6.42 Å². The third-order valence-corrected chi connectivity index (χ3v) is 3.34. The third kappa shape index (κ3) is 3.86. The van der Waals surface area contributed by atoms with Crippen molar-refractivity contribution in [2.75, 3.05) is 19.8 Å². The monoisotopic (exact) mass is 289 g/mol. The summed E-state index contributed by atoms with van der Waals surface area (Å²) in [6.07, 6.45) is -3.85. The second-order valence-electron chi connectivity index (χ2n) is 4.74. The van der Waals surface area contributed by atoms with Crippen molar-refractivity contribution in [2.24, 2.45) is 5.92 Å². The van der Waals surface area contributed by atoms with Crippen LogP contribution in [0.3, 0.4) is 0 Å². The van der Waals surface area contributed by atoms with Crippen molar-refractivity contribution in [1.29, 1.82) is 0 Å². The molecule has 1 heterocycles. The van der Waals surface area contributed by atoms with E-state index in [9.17, 15) is 13.2 Å². The fraction of sp³-hybridized carbons (Fsp3) is 0.571. The fourth-order valence-corrected chi connectivity index (χ4v) is 2.52. The van der Waals surface area contributed by atoms with E-state index in [1.54, 1.807) is 18.2 Å². The van der Waals surface area contributed by atoms with Gasteiger partial charge in [0.1, 0.15) is 5.75 Å². The molecule has 0 aliphatic carbocycles. The number of benzene rings is 1. The Morgan fingerprint density at radius 1 is 1.40 bits per heavy atom. The summed E-state index contributed by atoms with van der Waals surface area (Å²) in [5, 5.41) is 3.24. The molecule has 1 saturated heterocycles. The van der Waals surface area contributed by atoms with Crippen LogP contribution in [-0.2, 0) is 4.74 Å². The molecular formula is C14H18F3NO2. The largest absolute Gasteiger partial charge is 0.573 e. The smallest absolute Gasteiger partial charge is 0.405 e. The molecular weight excluding hydrogens is 271 g/mol. The maximum absolute atomic E-state index is 12.5. The predicted octanol–water partition coefficient (Wildman–Crippen LogP) is 3.27. The van der Waals surface area contributed by atoms with Crippen molar-refractivity contribution < 1.29 is 22.6 Å². The first-order valence-electron chi connectivity index (χ1n) is 6.67. The Morgan fingerprint density at radius 2 is 2.15 bits per heavy atom. The summed E-state index contributed by atoms with van der Waals surface area (Å²) >= 11 is 0. The molecule has 1 aliphatic heterocycles. The zero-order chi connectivity index (χ0) is 14.6. The number of hydrogen-bond acceptors (Lipinski definition) is 3. The van der Waals surface area contributed by atoms with Crippen molar-refractivity contribution in [3.05, 3.63) is 29.8 Å². The molecule has 1 N–H and O–H groups in total. The highest BCUT2D eigenvalue weighted by atomic mass is 19.4. The van der Waals surface area contributed by atoms with Crippen LogP contribution in [0.2, 0.25) is 0 Å². The molecule has 2 unspecified atom stereocenters. The molecule has 1 aromatic carbocycles. The van der Waals surface area contributed by atoms with Gasteiger partial charge >= 0.3 is 6.36 Å². The molecule has 0 radical (unpaired) electrons. The summed E-state index contributed by atoms with van der Waals surface area (Å²) in [5.41, 5.74) is 0.530. The Bertz CT molecular complexity index is 431. The topological polar surface area (TPSA) is 30.5 Å². The predicted molar refractivity (Wildman–Crippen MR) is 68.5 cm³/mol. The second-order valence-corrected chi connectivity index (χ2v) is 4.74. The molecule has 1 aliphatic rings. The first-order chi connectivity index (χ1) is 9.51. The van der Waals surface area contributed by atoms with Gasteiger partial charge in [-0.2, -0.15) is 0 Å². The van der Waals surface area contributed by atoms with E-state index in [0.29, 0.717) is 25.3 Å². The molecule has 1 aromatic rings. The van der Waals surface area contributed by atoms with Crippen LogP contribution in [0.1, 0.15) is 24.9 Å². The fourth-order valence-electron chi connectivity index (χ4n) is 2.52. The van der Waals surface area contributed by atoms with Gasteiger partial charge in [-0.1, -0.05) is 25.1 Å². The first-order valence-corrected chi connectivity index (χ1v) is 6.67. The van der Waals surface area contributed by atoms with Crippen LogP contribution in [-0.4, -0.2) is 26.1 Å². The summed E-state index contributed by atoms with van der Waals surface area (Å²) in [6, 6.07) is 6.09. The van der Waals surface area contributed by atoms with E-state index < -0.39 is 6.36 Å². The SMILES string of the molecule is CCNC(c1ccccc1OC(F)(F)F)C1CCOC1. The number of nitrogens with one attached hydrogen (secondary N) is 1. The third-order valence-electron chi connectivity index (χ3n) is 3.34. The number of alkyl halides is 3. The van der Waals surface area contributed by atoms with Crippen LogP contribution in [0.25, 0.3) is 0 Å². The lowest BCUT2D eigenvalue weighted by Crippen LogP contribution is -2.30. The molecule has 0 bridgehead atoms. The van der Waals surface area contributed by atoms with E-state index in [4.69, 9.17) is 4.74 Å². The Labute approximate surface area is 116 Å². The highest BCUT2D eigenvalue weighted by Crippen LogP contribution is 2.36. The number of ether oxygens (including phenoxy) is 2. The van der Waals surface area contributed by atoms with Crippen LogP contribution < -0.4 is 10.1 Å². The lowest BCUT2D eigenvalue weighted by molar-refractivity contribution is -0.275. The average molecular weight is 289 g/mol. The molecule has 20 heavy (non-hydrogen) atoms. The van der Waals surface area contributed by atoms with E-state index in [2.05, 4.69) is 10.1 Å². The maximum Gasteiger partial charge on any atom is 0.573 e. The minimum atomic E-state index is -4.68. The van der Waals surface area contributed by atoms with E-state index in [1.165, 1.54) is 6.07 Å². The maximum atomic E-state index is 12.5. The Hall–Kier alpha value is -1.27. The number of hydrogen-bond donors (Lipinski definition) is 1. The van der Waals surface area contributed by atoms with Gasteiger partial charge in [-0.3, -0.25) is 0 Å². The van der Waals surface area contributed by atoms with Gasteiger partial charge in [0.05, 0.1) is 6.61 Å². The van der Waals surface area contributed by atoms with Gasteiger partial charge < -0.3 is 14.8 Å². The van der Waals surface area contributed by atoms with Crippen molar-refractivity contribution in [1.82, 2.24) is 5.32 Å². The zero-order valence-electron chi connectivity index (χ0n) is 11.2. The Balaban J connectivity index is 2.27. The van der Waals surface area contributed by atoms with E-state index >= 15 is 0 Å². The van der Waals surface area contributed by atoms with Gasteiger partial charge in [0.15, 0.2) is 0 Å². The van der Waals surface area contributed by atoms with Crippen LogP contribution in [0, 0.1) is 5.92 Å². The minimum absolute atomic E-state index is 0.141. The van der Waals surface area contributed by atoms with Gasteiger partial charge in [-0.25, -0.2) is 0 Å². The van der Waals surface area contributed by atoms with Crippen LogP contribution in [0.5, 0.6) is 5.75 Å². The summed E-state index contributed by atoms with van der Waals surface area (Å²) in [4.78, 5) is 0. The van der Waals surface area contributed by atoms with Crippen LogP contribution in [0.4, 0.5) is 13.2 Å². The molecule has 0 saturated carbocycles. The van der Waals surface area contributed by atoms with Gasteiger partial charge in [0, 0.05) is 24.1 Å². The molecule has 2 atom stereocenters. The van der Waals surface area contributed by atoms with Crippen molar-refractivity contribution in [3.63, 3.8) is 0 Å². The normalized spacial score (nSPS) is 20.9. The lowest BCUT2D eigenvalue weighted by Gasteiger charge is -2.26. The Morgan fingerprint density at radius 3 is 2.75 bits per heavy atom. The van der Waals surface area contributed by atoms with Gasteiger partial charge in [-0.15, -0.1) is 13.2 Å². The number of rotatable bonds is 5. The van der Waals surface area contributed by atoms with Crippen LogP contribution >= 0.6 is 0 Å². The van der Waals surface area contributed by atoms with Crippen molar-refractivity contribution in [3.8, 4) is 5.75 Å². The van der Waals surface area contributed by atoms with Gasteiger partial charge in [0.2, 0.25) is 0 Å². The molecule has 0 spiro atoms. The first kappa shape index (κ1) is 15.1. The Kier molecular flexibility index (Phi) is 4.88. The van der Waals surface area contributed by atoms with Crippen LogP contribution in [0.15, 0.2) is 24.3 Å².